The number of imide groups is 1. The molecule has 1 aromatic rings. The molecule has 0 unspecified atom stereocenters. The van der Waals surface area contributed by atoms with Gasteiger partial charge in [-0.1, -0.05) is 20.8 Å². The highest BCUT2D eigenvalue weighted by Gasteiger charge is 2.57. The SMILES string of the molecule is CCCN1C(=O)N(CC(C)C)C2(CCN(C(=O)CCn3cncn3)CC2)C1=O. The van der Waals surface area contributed by atoms with Gasteiger partial charge in [0.15, 0.2) is 0 Å². The Morgan fingerprint density at radius 1 is 1.21 bits per heavy atom. The lowest BCUT2D eigenvalue weighted by Crippen LogP contribution is -2.58. The van der Waals surface area contributed by atoms with Gasteiger partial charge in [-0.2, -0.15) is 5.10 Å². The van der Waals surface area contributed by atoms with Gasteiger partial charge in [-0.15, -0.1) is 0 Å². The molecule has 0 aliphatic carbocycles. The van der Waals surface area contributed by atoms with Gasteiger partial charge < -0.3 is 9.80 Å². The lowest BCUT2D eigenvalue weighted by Gasteiger charge is -2.42. The third-order valence-electron chi connectivity index (χ3n) is 5.58. The molecule has 3 heterocycles. The second kappa shape index (κ2) is 8.28. The number of likely N-dealkylation sites (tertiary alicyclic amines) is 1. The Morgan fingerprint density at radius 2 is 1.93 bits per heavy atom. The Kier molecular flexibility index (Phi) is 6.00. The zero-order valence-electron chi connectivity index (χ0n) is 17.0. The van der Waals surface area contributed by atoms with E-state index in [0.717, 1.165) is 6.42 Å². The van der Waals surface area contributed by atoms with Crippen LogP contribution in [0.2, 0.25) is 0 Å². The Hall–Kier alpha value is -2.45. The summed E-state index contributed by atoms with van der Waals surface area (Å²) in [5, 5.41) is 4.01. The van der Waals surface area contributed by atoms with Gasteiger partial charge in [-0.05, 0) is 25.2 Å². The van der Waals surface area contributed by atoms with Gasteiger partial charge in [0.2, 0.25) is 5.91 Å². The van der Waals surface area contributed by atoms with Crippen LogP contribution >= 0.6 is 0 Å². The Labute approximate surface area is 165 Å². The fraction of sp³-hybridized carbons (Fsp3) is 0.737. The molecule has 3 rings (SSSR count). The molecule has 1 aromatic heterocycles. The lowest BCUT2D eigenvalue weighted by atomic mass is 9.85. The van der Waals surface area contributed by atoms with Crippen LogP contribution in [0.5, 0.6) is 0 Å². The molecule has 154 valence electrons. The number of aryl methyl sites for hydroxylation is 1. The van der Waals surface area contributed by atoms with Crippen LogP contribution < -0.4 is 0 Å². The van der Waals surface area contributed by atoms with Crippen LogP contribution in [-0.2, 0) is 16.1 Å². The summed E-state index contributed by atoms with van der Waals surface area (Å²) in [5.41, 5.74) is -0.792. The number of hydrogen-bond acceptors (Lipinski definition) is 5. The minimum atomic E-state index is -0.792. The standard InChI is InChI=1S/C19H30N6O3/c1-4-8-24-17(27)19(25(18(24)28)12-15(2)3)6-10-22(11-7-19)16(26)5-9-23-14-20-13-21-23/h13-15H,4-12H2,1-3H3. The third kappa shape index (κ3) is 3.74. The van der Waals surface area contributed by atoms with E-state index in [2.05, 4.69) is 23.9 Å². The van der Waals surface area contributed by atoms with Gasteiger partial charge in [0, 0.05) is 32.6 Å². The van der Waals surface area contributed by atoms with Crippen LogP contribution in [0.15, 0.2) is 12.7 Å². The third-order valence-corrected chi connectivity index (χ3v) is 5.58. The lowest BCUT2D eigenvalue weighted by molar-refractivity contribution is -0.141. The van der Waals surface area contributed by atoms with Gasteiger partial charge in [0.25, 0.3) is 5.91 Å². The van der Waals surface area contributed by atoms with E-state index in [1.165, 1.54) is 11.2 Å². The predicted molar refractivity (Wildman–Crippen MR) is 102 cm³/mol. The first-order valence-corrected chi connectivity index (χ1v) is 10.1. The molecule has 28 heavy (non-hydrogen) atoms. The van der Waals surface area contributed by atoms with Crippen molar-refractivity contribution in [3.63, 3.8) is 0 Å². The molecule has 0 bridgehead atoms. The molecule has 4 amide bonds. The molecule has 0 saturated carbocycles. The van der Waals surface area contributed by atoms with E-state index < -0.39 is 5.54 Å². The second-order valence-corrected chi connectivity index (χ2v) is 8.06. The maximum absolute atomic E-state index is 13.2. The average Bonchev–Trinajstić information content (AvgIpc) is 3.26. The summed E-state index contributed by atoms with van der Waals surface area (Å²) in [6, 6.07) is -0.175. The van der Waals surface area contributed by atoms with Crippen molar-refractivity contribution in [1.82, 2.24) is 29.5 Å². The summed E-state index contributed by atoms with van der Waals surface area (Å²) in [4.78, 5) is 47.5. The number of nitrogens with zero attached hydrogens (tertiary/aromatic N) is 6. The highest BCUT2D eigenvalue weighted by molar-refractivity contribution is 6.07. The Bertz CT molecular complexity index is 709. The molecule has 1 spiro atoms. The van der Waals surface area contributed by atoms with Crippen LogP contribution in [0, 0.1) is 5.92 Å². The quantitative estimate of drug-likeness (QED) is 0.656. The van der Waals surface area contributed by atoms with Crippen LogP contribution in [0.3, 0.4) is 0 Å². The van der Waals surface area contributed by atoms with Gasteiger partial charge in [0.1, 0.15) is 18.2 Å². The van der Waals surface area contributed by atoms with Gasteiger partial charge in [-0.25, -0.2) is 9.78 Å². The van der Waals surface area contributed by atoms with E-state index in [1.807, 2.05) is 6.92 Å². The van der Waals surface area contributed by atoms with E-state index in [-0.39, 0.29) is 23.8 Å². The normalized spacial score (nSPS) is 19.4. The largest absolute Gasteiger partial charge is 0.342 e. The molecule has 2 fully saturated rings. The fourth-order valence-corrected chi connectivity index (χ4v) is 4.15. The Balaban J connectivity index is 1.67. The molecular weight excluding hydrogens is 360 g/mol. The number of urea groups is 1. The number of carbonyl (C=O) groups is 3. The highest BCUT2D eigenvalue weighted by atomic mass is 16.2. The van der Waals surface area contributed by atoms with Gasteiger partial charge in [-0.3, -0.25) is 19.2 Å². The van der Waals surface area contributed by atoms with Crippen molar-refractivity contribution in [2.24, 2.45) is 5.92 Å². The maximum Gasteiger partial charge on any atom is 0.327 e. The number of amides is 4. The number of carbonyl (C=O) groups excluding carboxylic acids is 3. The number of rotatable bonds is 7. The molecule has 2 aliphatic heterocycles. The van der Waals surface area contributed by atoms with Gasteiger partial charge >= 0.3 is 6.03 Å². The predicted octanol–water partition coefficient (Wildman–Crippen LogP) is 1.36. The van der Waals surface area contributed by atoms with E-state index in [1.54, 1.807) is 20.8 Å². The number of aromatic nitrogens is 3. The van der Waals surface area contributed by atoms with Crippen LogP contribution in [0.4, 0.5) is 4.79 Å². The first-order valence-electron chi connectivity index (χ1n) is 10.1. The molecule has 0 aromatic carbocycles. The minimum absolute atomic E-state index is 0.0444. The molecule has 0 atom stereocenters. The maximum atomic E-state index is 13.2. The van der Waals surface area contributed by atoms with Crippen LogP contribution in [-0.4, -0.2) is 79.0 Å². The average molecular weight is 390 g/mol. The monoisotopic (exact) mass is 390 g/mol. The number of piperidine rings is 1. The van der Waals surface area contributed by atoms with Crippen molar-refractivity contribution < 1.29 is 14.4 Å². The van der Waals surface area contributed by atoms with E-state index in [4.69, 9.17) is 0 Å². The molecule has 9 heteroatoms. The fourth-order valence-electron chi connectivity index (χ4n) is 4.15. The molecule has 2 aliphatic rings. The first kappa shape index (κ1) is 20.3. The second-order valence-electron chi connectivity index (χ2n) is 8.06. The minimum Gasteiger partial charge on any atom is -0.342 e. The summed E-state index contributed by atoms with van der Waals surface area (Å²) in [6.07, 6.45) is 5.13. The smallest absolute Gasteiger partial charge is 0.327 e. The van der Waals surface area contributed by atoms with Crippen molar-refractivity contribution in [3.8, 4) is 0 Å². The topological polar surface area (TPSA) is 91.6 Å². The summed E-state index contributed by atoms with van der Waals surface area (Å²) < 4.78 is 1.63. The first-order chi connectivity index (χ1) is 13.4. The zero-order chi connectivity index (χ0) is 20.3. The molecule has 0 N–H and O–H groups in total. The summed E-state index contributed by atoms with van der Waals surface area (Å²) in [7, 11) is 0. The molecule has 2 saturated heterocycles. The van der Waals surface area contributed by atoms with Crippen LogP contribution in [0.25, 0.3) is 0 Å². The van der Waals surface area contributed by atoms with Crippen molar-refractivity contribution in [2.45, 2.75) is 58.5 Å². The van der Waals surface area contributed by atoms with E-state index >= 15 is 0 Å². The van der Waals surface area contributed by atoms with E-state index in [0.29, 0.717) is 52.0 Å². The molecule has 0 radical (unpaired) electrons. The van der Waals surface area contributed by atoms with E-state index in [9.17, 15) is 14.4 Å². The van der Waals surface area contributed by atoms with Crippen molar-refractivity contribution in [2.75, 3.05) is 26.2 Å². The summed E-state index contributed by atoms with van der Waals surface area (Å²) >= 11 is 0. The summed E-state index contributed by atoms with van der Waals surface area (Å²) in [5.74, 6) is 0.232. The van der Waals surface area contributed by atoms with Crippen LogP contribution in [0.1, 0.15) is 46.5 Å². The van der Waals surface area contributed by atoms with Crippen molar-refractivity contribution in [3.05, 3.63) is 12.7 Å². The van der Waals surface area contributed by atoms with Gasteiger partial charge in [0.05, 0.1) is 6.54 Å². The summed E-state index contributed by atoms with van der Waals surface area (Å²) in [6.45, 7) is 8.55. The molecule has 9 nitrogen and oxygen atoms in total. The zero-order valence-corrected chi connectivity index (χ0v) is 17.0. The molecular formula is C19H30N6O3. The van der Waals surface area contributed by atoms with Crippen molar-refractivity contribution in [1.29, 1.82) is 0 Å². The highest BCUT2D eigenvalue weighted by Crippen LogP contribution is 2.38. The number of hydrogen-bond donors (Lipinski definition) is 0. The Morgan fingerprint density at radius 3 is 2.50 bits per heavy atom. The van der Waals surface area contributed by atoms with Crippen molar-refractivity contribution >= 4 is 17.8 Å².